The molecule has 0 heterocycles. The van der Waals surface area contributed by atoms with E-state index in [1.54, 1.807) is 0 Å². The third-order valence-electron chi connectivity index (χ3n) is 2.81. The standard InChI is InChI=1S/C10H15.12FH.Ir.2Sb/c1-6-7(2)9(4)10(5)8(6)3;;;;;;;;;;;;;;;/h1-5H3;12*1H;;;/q-1;;;;;;;;;;;;;+3;2*+5/p-12. The SMILES string of the molecule is Cc1c(C)c(C)[c-](C)c1C.[F][Sb-]([F])([F])([F])([F])[F].[F][Sb-]([F])([F])([F])([F])[F].[Ir+3]. The van der Waals surface area contributed by atoms with Crippen LogP contribution in [0.2, 0.25) is 0 Å². The van der Waals surface area contributed by atoms with Crippen LogP contribution in [0.15, 0.2) is 0 Å². The van der Waals surface area contributed by atoms with Crippen LogP contribution in [0, 0.1) is 34.6 Å². The molecule has 0 fully saturated rings. The molecule has 0 amide bonds. The molecular formula is C10H15F12IrSb2. The van der Waals surface area contributed by atoms with E-state index in [9.17, 15) is 33.8 Å². The van der Waals surface area contributed by atoms with Gasteiger partial charge in [0.25, 0.3) is 0 Å². The molecule has 0 saturated carbocycles. The molecular weight excluding hydrogens is 784 g/mol. The average molecular weight is 799 g/mol. The normalized spacial score (nSPS) is 17.2. The van der Waals surface area contributed by atoms with Gasteiger partial charge >= 0.3 is 92.8 Å². The number of halogens is 12. The van der Waals surface area contributed by atoms with Crippen LogP contribution in [-0.2, 0) is 20.1 Å². The minimum absolute atomic E-state index is 0. The van der Waals surface area contributed by atoms with Gasteiger partial charge in [-0.3, -0.25) is 0 Å². The van der Waals surface area contributed by atoms with E-state index in [2.05, 4.69) is 34.6 Å². The van der Waals surface area contributed by atoms with E-state index in [4.69, 9.17) is 0 Å². The average Bonchev–Trinajstić information content (AvgIpc) is 2.27. The van der Waals surface area contributed by atoms with E-state index in [0.717, 1.165) is 0 Å². The molecule has 1 aromatic rings. The first kappa shape index (κ1) is 30.5. The summed E-state index contributed by atoms with van der Waals surface area (Å²) in [5, 5.41) is 0. The van der Waals surface area contributed by atoms with E-state index in [1.807, 2.05) is 0 Å². The van der Waals surface area contributed by atoms with E-state index in [0.29, 0.717) is 0 Å². The maximum Gasteiger partial charge on any atom is 3.00 e. The van der Waals surface area contributed by atoms with Crippen molar-refractivity contribution in [3.8, 4) is 0 Å². The molecule has 0 nitrogen and oxygen atoms in total. The van der Waals surface area contributed by atoms with Crippen LogP contribution in [-0.4, -0.2) is 39.0 Å². The summed E-state index contributed by atoms with van der Waals surface area (Å²) >= 11 is -22.5. The number of hydrogen-bond donors (Lipinski definition) is 0. The van der Waals surface area contributed by atoms with Gasteiger partial charge in [0.15, 0.2) is 0 Å². The first-order valence-corrected chi connectivity index (χ1v) is 17.4. The van der Waals surface area contributed by atoms with Gasteiger partial charge in [-0.15, -0.1) is 0 Å². The van der Waals surface area contributed by atoms with Crippen molar-refractivity contribution in [3.05, 3.63) is 27.8 Å². The van der Waals surface area contributed by atoms with E-state index >= 15 is 0 Å². The summed E-state index contributed by atoms with van der Waals surface area (Å²) in [6, 6.07) is 0. The smallest absolute Gasteiger partial charge is 3.00 e. The third-order valence-corrected chi connectivity index (χ3v) is 2.81. The monoisotopic (exact) mass is 798 g/mol. The number of rotatable bonds is 0. The Morgan fingerprint density at radius 3 is 0.680 bits per heavy atom. The predicted molar refractivity (Wildman–Crippen MR) is 70.5 cm³/mol. The zero-order valence-electron chi connectivity index (χ0n) is 13.3. The molecule has 0 bridgehead atoms. The van der Waals surface area contributed by atoms with E-state index in [1.165, 1.54) is 27.8 Å². The minimum atomic E-state index is -11.2. The summed E-state index contributed by atoms with van der Waals surface area (Å²) in [4.78, 5) is 0. The fourth-order valence-corrected chi connectivity index (χ4v) is 1.41. The fraction of sp³-hybridized carbons (Fsp3) is 0.500. The summed E-state index contributed by atoms with van der Waals surface area (Å²) in [7, 11) is 0. The summed E-state index contributed by atoms with van der Waals surface area (Å²) in [5.41, 5.74) is 7.34. The predicted octanol–water partition coefficient (Wildman–Crippen LogP) is 7.23. The molecule has 0 saturated heterocycles. The van der Waals surface area contributed by atoms with Gasteiger partial charge in [-0.25, -0.2) is 0 Å². The second-order valence-electron chi connectivity index (χ2n) is 5.04. The van der Waals surface area contributed by atoms with Gasteiger partial charge in [0.05, 0.1) is 0 Å². The van der Waals surface area contributed by atoms with Crippen molar-refractivity contribution in [2.45, 2.75) is 34.6 Å². The van der Waals surface area contributed by atoms with Crippen LogP contribution in [0.4, 0.5) is 33.8 Å². The second kappa shape index (κ2) is 6.69. The molecule has 0 spiro atoms. The van der Waals surface area contributed by atoms with Crippen molar-refractivity contribution in [2.75, 3.05) is 0 Å². The molecule has 15 heteroatoms. The molecule has 0 aliphatic carbocycles. The van der Waals surface area contributed by atoms with Gasteiger partial charge in [0.2, 0.25) is 0 Å². The Hall–Kier alpha value is 0.796. The Morgan fingerprint density at radius 1 is 0.520 bits per heavy atom. The zero-order valence-corrected chi connectivity index (χ0v) is 20.8. The molecule has 0 aliphatic heterocycles. The largest absolute Gasteiger partial charge is 3.00 e. The summed E-state index contributed by atoms with van der Waals surface area (Å²) < 4.78 is 119. The van der Waals surface area contributed by atoms with Crippen molar-refractivity contribution in [2.24, 2.45) is 0 Å². The van der Waals surface area contributed by atoms with Crippen LogP contribution in [0.1, 0.15) is 27.8 Å². The van der Waals surface area contributed by atoms with Gasteiger partial charge < -0.3 is 0 Å². The molecule has 0 atom stereocenters. The molecule has 1 aromatic carbocycles. The van der Waals surface area contributed by atoms with Crippen molar-refractivity contribution in [1.29, 1.82) is 0 Å². The summed E-state index contributed by atoms with van der Waals surface area (Å²) in [6.07, 6.45) is 0. The van der Waals surface area contributed by atoms with Gasteiger partial charge in [-0.05, 0) is 0 Å². The van der Waals surface area contributed by atoms with Crippen LogP contribution in [0.25, 0.3) is 0 Å². The van der Waals surface area contributed by atoms with Gasteiger partial charge in [0, 0.05) is 0 Å². The fourth-order valence-electron chi connectivity index (χ4n) is 1.41. The maximum absolute atomic E-state index is 11.2. The molecule has 0 aromatic heterocycles. The first-order chi connectivity index (χ1) is 9.45. The van der Waals surface area contributed by atoms with Crippen molar-refractivity contribution in [1.82, 2.24) is 0 Å². The van der Waals surface area contributed by atoms with Crippen LogP contribution in [0.5, 0.6) is 0 Å². The van der Waals surface area contributed by atoms with Crippen LogP contribution >= 0.6 is 0 Å². The quantitative estimate of drug-likeness (QED) is 0.148. The van der Waals surface area contributed by atoms with E-state index in [-0.39, 0.29) is 20.1 Å². The molecule has 1 rings (SSSR count). The maximum atomic E-state index is 9.93. The Bertz CT molecular complexity index is 472. The van der Waals surface area contributed by atoms with Gasteiger partial charge in [-0.1, -0.05) is 34.6 Å². The first-order valence-electron chi connectivity index (χ1n) is 5.78. The van der Waals surface area contributed by atoms with Gasteiger partial charge in [-0.2, -0.15) is 27.8 Å². The Kier molecular flexibility index (Phi) is 8.17. The number of hydrogen-bond acceptors (Lipinski definition) is 0. The van der Waals surface area contributed by atoms with Crippen LogP contribution in [0.3, 0.4) is 0 Å². The Balaban J connectivity index is -0.000000293. The van der Waals surface area contributed by atoms with Crippen molar-refractivity contribution < 1.29 is 53.9 Å². The minimum Gasteiger partial charge on any atom is 3.00 e. The van der Waals surface area contributed by atoms with E-state index < -0.39 is 39.0 Å². The topological polar surface area (TPSA) is 0 Å². The van der Waals surface area contributed by atoms with Crippen molar-refractivity contribution in [3.63, 3.8) is 0 Å². The van der Waals surface area contributed by atoms with Gasteiger partial charge in [0.1, 0.15) is 0 Å². The molecule has 158 valence electrons. The summed E-state index contributed by atoms with van der Waals surface area (Å²) in [6.45, 7) is 11.0. The second-order valence-corrected chi connectivity index (χ2v) is 16.0. The molecule has 25 heavy (non-hydrogen) atoms. The molecule has 0 aliphatic rings. The van der Waals surface area contributed by atoms with Crippen LogP contribution < -0.4 is 0 Å². The Labute approximate surface area is 154 Å². The third kappa shape index (κ3) is 29.8. The Morgan fingerprint density at radius 2 is 0.640 bits per heavy atom. The zero-order chi connectivity index (χ0) is 20.7. The summed E-state index contributed by atoms with van der Waals surface area (Å²) in [5.74, 6) is 0. The molecule has 0 unspecified atom stereocenters. The van der Waals surface area contributed by atoms with Crippen molar-refractivity contribution >= 4 is 39.0 Å². The molecule has 0 radical (unpaired) electrons. The molecule has 0 N–H and O–H groups in total.